The summed E-state index contributed by atoms with van der Waals surface area (Å²) in [5.74, 6) is 2.78. The minimum absolute atomic E-state index is 0.221. The Balaban J connectivity index is 1.63. The Morgan fingerprint density at radius 3 is 2.58 bits per heavy atom. The monoisotopic (exact) mass is 328 g/mol. The van der Waals surface area contributed by atoms with Crippen LogP contribution in [0.15, 0.2) is 48.5 Å². The van der Waals surface area contributed by atoms with Gasteiger partial charge in [-0.1, -0.05) is 12.1 Å². The molecule has 6 nitrogen and oxygen atoms in total. The van der Waals surface area contributed by atoms with Gasteiger partial charge in [-0.3, -0.25) is 5.21 Å². The van der Waals surface area contributed by atoms with Crippen LogP contribution in [0.1, 0.15) is 17.9 Å². The van der Waals surface area contributed by atoms with Crippen LogP contribution >= 0.6 is 0 Å². The summed E-state index contributed by atoms with van der Waals surface area (Å²) in [4.78, 5) is 10.9. The molecule has 0 unspecified atom stereocenters. The van der Waals surface area contributed by atoms with Gasteiger partial charge >= 0.3 is 6.03 Å². The molecule has 0 heterocycles. The zero-order valence-electron chi connectivity index (χ0n) is 13.4. The number of nitrogens with two attached hydrogens (primary N) is 1. The van der Waals surface area contributed by atoms with Gasteiger partial charge in [0.15, 0.2) is 0 Å². The van der Waals surface area contributed by atoms with E-state index in [4.69, 9.17) is 15.2 Å². The molecule has 0 aromatic heterocycles. The summed E-state index contributed by atoms with van der Waals surface area (Å²) in [5, 5.41) is 9.99. The van der Waals surface area contributed by atoms with Crippen molar-refractivity contribution in [2.75, 3.05) is 13.7 Å². The van der Waals surface area contributed by atoms with Crippen molar-refractivity contribution in [1.82, 2.24) is 5.06 Å². The third-order valence-corrected chi connectivity index (χ3v) is 4.17. The molecule has 1 saturated carbocycles. The molecule has 0 spiro atoms. The van der Waals surface area contributed by atoms with Crippen molar-refractivity contribution in [3.8, 4) is 17.2 Å². The van der Waals surface area contributed by atoms with E-state index in [-0.39, 0.29) is 12.5 Å². The molecular formula is C18H20N2O4. The van der Waals surface area contributed by atoms with Crippen LogP contribution in [0.5, 0.6) is 17.2 Å². The van der Waals surface area contributed by atoms with E-state index < -0.39 is 6.03 Å². The van der Waals surface area contributed by atoms with Gasteiger partial charge in [0.1, 0.15) is 17.2 Å². The Morgan fingerprint density at radius 2 is 1.92 bits per heavy atom. The number of rotatable bonds is 6. The second kappa shape index (κ2) is 6.80. The lowest BCUT2D eigenvalue weighted by Gasteiger charge is -2.11. The number of benzene rings is 2. The number of ether oxygens (including phenoxy) is 2. The van der Waals surface area contributed by atoms with E-state index in [9.17, 15) is 10.0 Å². The standard InChI is InChI=1S/C18H20N2O4/c1-23-14-5-7-15(8-6-14)24-16-4-2-3-12(9-16)17-10-13(17)11-20(22)18(19)21/h2-9,13,17,22H,10-11H2,1H3,(H2,19,21)/t13-,17-/m0/s1. The fourth-order valence-electron chi connectivity index (χ4n) is 2.76. The number of nitrogens with zero attached hydrogens (tertiary/aromatic N) is 1. The number of amides is 2. The molecule has 0 aliphatic heterocycles. The first kappa shape index (κ1) is 16.1. The molecule has 6 heteroatoms. The van der Waals surface area contributed by atoms with E-state index in [1.165, 1.54) is 0 Å². The fourth-order valence-corrected chi connectivity index (χ4v) is 2.76. The molecule has 2 atom stereocenters. The Labute approximate surface area is 140 Å². The number of urea groups is 1. The van der Waals surface area contributed by atoms with Crippen LogP contribution < -0.4 is 15.2 Å². The maximum Gasteiger partial charge on any atom is 0.338 e. The maximum atomic E-state index is 10.9. The van der Waals surface area contributed by atoms with Gasteiger partial charge in [0.25, 0.3) is 0 Å². The van der Waals surface area contributed by atoms with Crippen molar-refractivity contribution < 1.29 is 19.5 Å². The molecule has 2 aromatic carbocycles. The molecule has 0 saturated heterocycles. The minimum Gasteiger partial charge on any atom is -0.497 e. The number of hydrogen-bond donors (Lipinski definition) is 2. The van der Waals surface area contributed by atoms with Crippen LogP contribution in [-0.2, 0) is 0 Å². The lowest BCUT2D eigenvalue weighted by molar-refractivity contribution is -0.0431. The van der Waals surface area contributed by atoms with Crippen molar-refractivity contribution in [2.24, 2.45) is 11.7 Å². The van der Waals surface area contributed by atoms with Crippen molar-refractivity contribution in [3.63, 3.8) is 0 Å². The summed E-state index contributed by atoms with van der Waals surface area (Å²) >= 11 is 0. The van der Waals surface area contributed by atoms with Crippen LogP contribution in [0.2, 0.25) is 0 Å². The van der Waals surface area contributed by atoms with E-state index >= 15 is 0 Å². The number of methoxy groups -OCH3 is 1. The van der Waals surface area contributed by atoms with Gasteiger partial charge in [-0.2, -0.15) is 0 Å². The van der Waals surface area contributed by atoms with Gasteiger partial charge in [-0.05, 0) is 60.2 Å². The highest BCUT2D eigenvalue weighted by atomic mass is 16.5. The molecule has 126 valence electrons. The first-order chi connectivity index (χ1) is 11.6. The third kappa shape index (κ3) is 3.78. The number of carbonyl (C=O) groups excluding carboxylic acids is 1. The first-order valence-electron chi connectivity index (χ1n) is 7.74. The summed E-state index contributed by atoms with van der Waals surface area (Å²) in [6, 6.07) is 14.4. The molecule has 2 amide bonds. The van der Waals surface area contributed by atoms with Crippen molar-refractivity contribution in [2.45, 2.75) is 12.3 Å². The van der Waals surface area contributed by atoms with Gasteiger partial charge in [-0.15, -0.1) is 0 Å². The average Bonchev–Trinajstić information content (AvgIpc) is 3.35. The molecule has 1 aliphatic rings. The number of hydroxylamine groups is 2. The van der Waals surface area contributed by atoms with Gasteiger partial charge < -0.3 is 15.2 Å². The summed E-state index contributed by atoms with van der Waals surface area (Å²) in [5.41, 5.74) is 6.16. The van der Waals surface area contributed by atoms with E-state index in [2.05, 4.69) is 0 Å². The zero-order chi connectivity index (χ0) is 17.1. The highest BCUT2D eigenvalue weighted by Crippen LogP contribution is 2.48. The quantitative estimate of drug-likeness (QED) is 0.629. The predicted octanol–water partition coefficient (Wildman–Crippen LogP) is 3.36. The SMILES string of the molecule is COc1ccc(Oc2cccc([C@@H]3C[C@H]3CN(O)C(N)=O)c2)cc1. The van der Waals surface area contributed by atoms with Crippen molar-refractivity contribution in [1.29, 1.82) is 0 Å². The highest BCUT2D eigenvalue weighted by Gasteiger charge is 2.40. The molecule has 3 N–H and O–H groups in total. The lowest BCUT2D eigenvalue weighted by atomic mass is 10.1. The normalized spacial score (nSPS) is 18.8. The Bertz CT molecular complexity index is 717. The molecule has 1 fully saturated rings. The van der Waals surface area contributed by atoms with Crippen LogP contribution in [0.25, 0.3) is 0 Å². The Morgan fingerprint density at radius 1 is 1.21 bits per heavy atom. The van der Waals surface area contributed by atoms with E-state index in [0.29, 0.717) is 11.0 Å². The summed E-state index contributed by atoms with van der Waals surface area (Å²) in [7, 11) is 1.62. The third-order valence-electron chi connectivity index (χ3n) is 4.17. The summed E-state index contributed by atoms with van der Waals surface area (Å²) in [6.07, 6.45) is 0.913. The largest absolute Gasteiger partial charge is 0.497 e. The first-order valence-corrected chi connectivity index (χ1v) is 7.74. The van der Waals surface area contributed by atoms with Gasteiger partial charge in [-0.25, -0.2) is 9.86 Å². The molecule has 2 aromatic rings. The van der Waals surface area contributed by atoms with Crippen molar-refractivity contribution in [3.05, 3.63) is 54.1 Å². The number of hydrogen-bond acceptors (Lipinski definition) is 4. The Hall–Kier alpha value is -2.73. The number of primary amides is 1. The highest BCUT2D eigenvalue weighted by molar-refractivity contribution is 5.70. The van der Waals surface area contributed by atoms with Crippen LogP contribution in [0.4, 0.5) is 4.79 Å². The van der Waals surface area contributed by atoms with Crippen LogP contribution in [-0.4, -0.2) is 30.0 Å². The summed E-state index contributed by atoms with van der Waals surface area (Å²) in [6.45, 7) is 0.254. The second-order valence-electron chi connectivity index (χ2n) is 5.87. The fraction of sp³-hybridized carbons (Fsp3) is 0.278. The van der Waals surface area contributed by atoms with E-state index in [1.807, 2.05) is 48.5 Å². The summed E-state index contributed by atoms with van der Waals surface area (Å²) < 4.78 is 11.0. The number of carbonyl (C=O) groups is 1. The van der Waals surface area contributed by atoms with Crippen LogP contribution in [0, 0.1) is 5.92 Å². The van der Waals surface area contributed by atoms with E-state index in [0.717, 1.165) is 29.2 Å². The molecule has 0 radical (unpaired) electrons. The van der Waals surface area contributed by atoms with Crippen molar-refractivity contribution >= 4 is 6.03 Å². The minimum atomic E-state index is -0.822. The van der Waals surface area contributed by atoms with Gasteiger partial charge in [0.05, 0.1) is 13.7 Å². The smallest absolute Gasteiger partial charge is 0.338 e. The topological polar surface area (TPSA) is 85.0 Å². The lowest BCUT2D eigenvalue weighted by Crippen LogP contribution is -2.34. The molecule has 24 heavy (non-hydrogen) atoms. The molecule has 1 aliphatic carbocycles. The maximum absolute atomic E-state index is 10.9. The average molecular weight is 328 g/mol. The molecule has 0 bridgehead atoms. The molecule has 3 rings (SSSR count). The van der Waals surface area contributed by atoms with Gasteiger partial charge in [0.2, 0.25) is 0 Å². The van der Waals surface area contributed by atoms with Gasteiger partial charge in [0, 0.05) is 0 Å². The van der Waals surface area contributed by atoms with Crippen LogP contribution in [0.3, 0.4) is 0 Å². The second-order valence-corrected chi connectivity index (χ2v) is 5.87. The van der Waals surface area contributed by atoms with E-state index in [1.54, 1.807) is 7.11 Å². The zero-order valence-corrected chi connectivity index (χ0v) is 13.4. The predicted molar refractivity (Wildman–Crippen MR) is 88.4 cm³/mol. The molecular weight excluding hydrogens is 308 g/mol. The Kier molecular flexibility index (Phi) is 4.57.